The summed E-state index contributed by atoms with van der Waals surface area (Å²) in [6.45, 7) is 3.50. The molecule has 0 aliphatic carbocycles. The summed E-state index contributed by atoms with van der Waals surface area (Å²) in [5, 5.41) is 25.0. The van der Waals surface area contributed by atoms with Gasteiger partial charge in [0, 0.05) is 30.9 Å². The summed E-state index contributed by atoms with van der Waals surface area (Å²) in [5.41, 5.74) is -0.0845. The number of aliphatic hydroxyl groups excluding tert-OH is 1. The molecule has 1 aromatic rings. The molecule has 0 unspecified atom stereocenters. The van der Waals surface area contributed by atoms with Crippen LogP contribution in [0.4, 0.5) is 11.4 Å². The Labute approximate surface area is 132 Å². The second-order valence-corrected chi connectivity index (χ2v) is 4.58. The highest BCUT2D eigenvalue weighted by Crippen LogP contribution is 2.23. The van der Waals surface area contributed by atoms with Crippen molar-refractivity contribution in [1.29, 1.82) is 0 Å². The molecule has 1 atom stereocenters. The van der Waals surface area contributed by atoms with Crippen LogP contribution in [0.25, 0.3) is 0 Å². The number of anilines is 1. The van der Waals surface area contributed by atoms with Crippen molar-refractivity contribution in [3.8, 4) is 0 Å². The number of rotatable bonds is 8. The molecule has 1 amide bonds. The number of nitro groups is 1. The average Bonchev–Trinajstić information content (AvgIpc) is 2.52. The number of aliphatic hydroxyl groups is 1. The largest absolute Gasteiger partial charge is 0.449 e. The lowest BCUT2D eigenvalue weighted by Crippen LogP contribution is -2.35. The Kier molecular flexibility index (Phi) is 6.94. The van der Waals surface area contributed by atoms with Crippen LogP contribution in [0, 0.1) is 10.1 Å². The minimum atomic E-state index is -1.03. The number of ether oxygens (including phenoxy) is 1. The van der Waals surface area contributed by atoms with Crippen LogP contribution in [0.15, 0.2) is 18.2 Å². The standard InChI is InChI=1S/C14H19N3O6/c1-3-15-13(19)9(2)23-14(20)11-8-10(17(21)22)4-5-12(11)16-6-7-18/h4-5,8-9,16,18H,3,6-7H2,1-2H3,(H,15,19)/t9-/m0/s1. The Hall–Kier alpha value is -2.68. The van der Waals surface area contributed by atoms with Crippen LogP contribution in [-0.2, 0) is 9.53 Å². The number of hydrogen-bond donors (Lipinski definition) is 3. The first kappa shape index (κ1) is 18.4. The van der Waals surface area contributed by atoms with E-state index < -0.39 is 22.9 Å². The van der Waals surface area contributed by atoms with Gasteiger partial charge >= 0.3 is 5.97 Å². The van der Waals surface area contributed by atoms with Crippen molar-refractivity contribution in [2.24, 2.45) is 0 Å². The van der Waals surface area contributed by atoms with Gasteiger partial charge in [-0.25, -0.2) is 4.79 Å². The fourth-order valence-electron chi connectivity index (χ4n) is 1.75. The van der Waals surface area contributed by atoms with Crippen molar-refractivity contribution in [2.75, 3.05) is 25.0 Å². The quantitative estimate of drug-likeness (QED) is 0.364. The number of esters is 1. The molecule has 0 bridgehead atoms. The summed E-state index contributed by atoms with van der Waals surface area (Å²) in [6.07, 6.45) is -1.03. The number of carbonyl (C=O) groups is 2. The number of amides is 1. The van der Waals surface area contributed by atoms with Gasteiger partial charge in [0.1, 0.15) is 0 Å². The smallest absolute Gasteiger partial charge is 0.341 e. The molecule has 0 aliphatic rings. The zero-order valence-electron chi connectivity index (χ0n) is 12.9. The third kappa shape index (κ3) is 5.22. The van der Waals surface area contributed by atoms with Crippen molar-refractivity contribution in [3.63, 3.8) is 0 Å². The third-order valence-corrected chi connectivity index (χ3v) is 2.87. The molecule has 126 valence electrons. The maximum Gasteiger partial charge on any atom is 0.341 e. The highest BCUT2D eigenvalue weighted by atomic mass is 16.6. The van der Waals surface area contributed by atoms with Gasteiger partial charge in [0.15, 0.2) is 6.10 Å². The van der Waals surface area contributed by atoms with Gasteiger partial charge < -0.3 is 20.5 Å². The summed E-state index contributed by atoms with van der Waals surface area (Å²) >= 11 is 0. The van der Waals surface area contributed by atoms with E-state index in [-0.39, 0.29) is 30.1 Å². The Morgan fingerprint density at radius 3 is 2.70 bits per heavy atom. The van der Waals surface area contributed by atoms with Crippen LogP contribution < -0.4 is 10.6 Å². The van der Waals surface area contributed by atoms with Gasteiger partial charge in [-0.3, -0.25) is 14.9 Å². The molecular formula is C14H19N3O6. The van der Waals surface area contributed by atoms with Gasteiger partial charge in [-0.2, -0.15) is 0 Å². The first-order valence-corrected chi connectivity index (χ1v) is 7.02. The first-order valence-electron chi connectivity index (χ1n) is 7.02. The number of nitro benzene ring substituents is 1. The number of nitrogens with zero attached hydrogens (tertiary/aromatic N) is 1. The maximum atomic E-state index is 12.2. The lowest BCUT2D eigenvalue weighted by molar-refractivity contribution is -0.384. The predicted octanol–water partition coefficient (Wildman–Crippen LogP) is 0.680. The van der Waals surface area contributed by atoms with Crippen LogP contribution in [0.2, 0.25) is 0 Å². The summed E-state index contributed by atoms with van der Waals surface area (Å²) in [7, 11) is 0. The van der Waals surface area contributed by atoms with Crippen LogP contribution in [-0.4, -0.2) is 47.7 Å². The van der Waals surface area contributed by atoms with E-state index in [4.69, 9.17) is 9.84 Å². The van der Waals surface area contributed by atoms with Crippen molar-refractivity contribution in [1.82, 2.24) is 5.32 Å². The minimum Gasteiger partial charge on any atom is -0.449 e. The summed E-state index contributed by atoms with van der Waals surface area (Å²) in [6, 6.07) is 3.64. The van der Waals surface area contributed by atoms with E-state index in [2.05, 4.69) is 10.6 Å². The van der Waals surface area contributed by atoms with E-state index >= 15 is 0 Å². The van der Waals surface area contributed by atoms with Gasteiger partial charge in [-0.05, 0) is 19.9 Å². The van der Waals surface area contributed by atoms with Crippen LogP contribution in [0.1, 0.15) is 24.2 Å². The second-order valence-electron chi connectivity index (χ2n) is 4.58. The van der Waals surface area contributed by atoms with E-state index in [1.807, 2.05) is 0 Å². The number of non-ortho nitro benzene ring substituents is 1. The first-order chi connectivity index (χ1) is 10.9. The number of benzene rings is 1. The van der Waals surface area contributed by atoms with Gasteiger partial charge in [0.2, 0.25) is 0 Å². The maximum absolute atomic E-state index is 12.2. The molecule has 0 saturated carbocycles. The molecule has 9 heteroatoms. The summed E-state index contributed by atoms with van der Waals surface area (Å²) in [4.78, 5) is 34.0. The van der Waals surface area contributed by atoms with E-state index in [1.54, 1.807) is 6.92 Å². The highest BCUT2D eigenvalue weighted by Gasteiger charge is 2.22. The molecule has 0 radical (unpaired) electrons. The molecule has 0 heterocycles. The average molecular weight is 325 g/mol. The normalized spacial score (nSPS) is 11.4. The number of carbonyl (C=O) groups excluding carboxylic acids is 2. The Bertz CT molecular complexity index is 590. The Morgan fingerprint density at radius 2 is 2.13 bits per heavy atom. The fraction of sp³-hybridized carbons (Fsp3) is 0.429. The number of likely N-dealkylation sites (N-methyl/N-ethyl adjacent to an activating group) is 1. The molecule has 23 heavy (non-hydrogen) atoms. The van der Waals surface area contributed by atoms with Crippen LogP contribution in [0.3, 0.4) is 0 Å². The molecule has 1 rings (SSSR count). The Morgan fingerprint density at radius 1 is 1.43 bits per heavy atom. The van der Waals surface area contributed by atoms with Gasteiger partial charge in [-0.15, -0.1) is 0 Å². The van der Waals surface area contributed by atoms with Gasteiger partial charge in [0.25, 0.3) is 11.6 Å². The van der Waals surface area contributed by atoms with Gasteiger partial charge in [0.05, 0.1) is 17.1 Å². The third-order valence-electron chi connectivity index (χ3n) is 2.87. The highest BCUT2D eigenvalue weighted by molar-refractivity contribution is 5.98. The Balaban J connectivity index is 3.01. The molecular weight excluding hydrogens is 306 g/mol. The molecule has 0 spiro atoms. The van der Waals surface area contributed by atoms with E-state index in [0.717, 1.165) is 6.07 Å². The van der Waals surface area contributed by atoms with Crippen LogP contribution >= 0.6 is 0 Å². The fourth-order valence-corrected chi connectivity index (χ4v) is 1.75. The molecule has 0 aliphatic heterocycles. The van der Waals surface area contributed by atoms with Crippen molar-refractivity contribution in [3.05, 3.63) is 33.9 Å². The minimum absolute atomic E-state index is 0.0798. The lowest BCUT2D eigenvalue weighted by atomic mass is 10.1. The second kappa shape index (κ2) is 8.69. The van der Waals surface area contributed by atoms with Crippen molar-refractivity contribution in [2.45, 2.75) is 20.0 Å². The zero-order valence-corrected chi connectivity index (χ0v) is 12.9. The van der Waals surface area contributed by atoms with E-state index in [0.29, 0.717) is 6.54 Å². The van der Waals surface area contributed by atoms with Crippen molar-refractivity contribution >= 4 is 23.3 Å². The van der Waals surface area contributed by atoms with Crippen molar-refractivity contribution < 1.29 is 24.4 Å². The predicted molar refractivity (Wildman–Crippen MR) is 82.2 cm³/mol. The molecule has 1 aromatic carbocycles. The zero-order chi connectivity index (χ0) is 17.4. The topological polar surface area (TPSA) is 131 Å². The SMILES string of the molecule is CCNC(=O)[C@H](C)OC(=O)c1cc([N+](=O)[O-])ccc1NCCO. The molecule has 9 nitrogen and oxygen atoms in total. The van der Waals surface area contributed by atoms with E-state index in [1.165, 1.54) is 19.1 Å². The lowest BCUT2D eigenvalue weighted by Gasteiger charge is -2.15. The van der Waals surface area contributed by atoms with E-state index in [9.17, 15) is 19.7 Å². The summed E-state index contributed by atoms with van der Waals surface area (Å²) in [5.74, 6) is -1.33. The molecule has 0 aromatic heterocycles. The summed E-state index contributed by atoms with van der Waals surface area (Å²) < 4.78 is 5.03. The number of hydrogen-bond acceptors (Lipinski definition) is 7. The van der Waals surface area contributed by atoms with Crippen LogP contribution in [0.5, 0.6) is 0 Å². The van der Waals surface area contributed by atoms with Gasteiger partial charge in [-0.1, -0.05) is 0 Å². The molecule has 0 saturated heterocycles. The monoisotopic (exact) mass is 325 g/mol. The molecule has 3 N–H and O–H groups in total. The molecule has 0 fully saturated rings. The number of nitrogens with one attached hydrogen (secondary N) is 2.